The summed E-state index contributed by atoms with van der Waals surface area (Å²) in [6.07, 6.45) is 1.68. The molecule has 1 atom stereocenters. The van der Waals surface area contributed by atoms with Gasteiger partial charge < -0.3 is 5.32 Å². The first-order valence-corrected chi connectivity index (χ1v) is 6.55. The molecule has 0 radical (unpaired) electrons. The number of rotatable bonds is 6. The Hall–Kier alpha value is -1.21. The number of nitrogens with two attached hydrogens (primary N) is 1. The molecule has 0 fully saturated rings. The van der Waals surface area contributed by atoms with Gasteiger partial charge in [-0.25, -0.2) is 10.8 Å². The minimum atomic E-state index is -0.761. The van der Waals surface area contributed by atoms with E-state index in [0.717, 1.165) is 11.4 Å². The van der Waals surface area contributed by atoms with E-state index in [1.165, 1.54) is 0 Å². The van der Waals surface area contributed by atoms with Crippen LogP contribution < -0.4 is 16.6 Å². The molecule has 6 nitrogen and oxygen atoms in total. The molecule has 1 unspecified atom stereocenters. The van der Waals surface area contributed by atoms with E-state index >= 15 is 0 Å². The van der Waals surface area contributed by atoms with Crippen molar-refractivity contribution in [1.82, 2.24) is 9.97 Å². The van der Waals surface area contributed by atoms with E-state index in [-0.39, 0.29) is 0 Å². The van der Waals surface area contributed by atoms with Gasteiger partial charge in [-0.3, -0.25) is 9.63 Å². The Morgan fingerprint density at radius 2 is 2.31 bits per heavy atom. The molecule has 1 rings (SSSR count). The summed E-state index contributed by atoms with van der Waals surface area (Å²) in [6.45, 7) is 4.43. The Morgan fingerprint density at radius 3 is 2.94 bits per heavy atom. The number of hydrogen-bond donors (Lipinski definition) is 3. The van der Waals surface area contributed by atoms with Gasteiger partial charge in [0.15, 0.2) is 0 Å². The van der Waals surface area contributed by atoms with Gasteiger partial charge >= 0.3 is 0 Å². The van der Waals surface area contributed by atoms with Crippen LogP contribution in [0.1, 0.15) is 12.5 Å². The number of aryl methyl sites for hydroxylation is 1. The van der Waals surface area contributed by atoms with Gasteiger partial charge in [-0.2, -0.15) is 4.98 Å². The molecule has 0 amide bonds. The second-order valence-electron chi connectivity index (χ2n) is 3.23. The van der Waals surface area contributed by atoms with Crippen LogP contribution in [-0.4, -0.2) is 32.2 Å². The maximum atomic E-state index is 11.2. The van der Waals surface area contributed by atoms with E-state index in [1.54, 1.807) is 6.20 Å². The smallest absolute Gasteiger partial charge is 0.239 e. The first-order valence-electron chi connectivity index (χ1n) is 5.06. The summed E-state index contributed by atoms with van der Waals surface area (Å²) in [5, 5.41) is 3.11. The van der Waals surface area contributed by atoms with Crippen molar-refractivity contribution in [3.8, 4) is 0 Å². The van der Waals surface area contributed by atoms with Gasteiger partial charge in [0, 0.05) is 40.6 Å². The van der Waals surface area contributed by atoms with Crippen molar-refractivity contribution in [2.75, 3.05) is 28.8 Å². The average molecular weight is 243 g/mol. The molecule has 90 valence electrons. The van der Waals surface area contributed by atoms with Gasteiger partial charge in [0.25, 0.3) is 0 Å². The molecule has 0 saturated carbocycles. The molecule has 1 heterocycles. The van der Waals surface area contributed by atoms with E-state index < -0.39 is 10.8 Å². The van der Waals surface area contributed by atoms with E-state index in [0.29, 0.717) is 24.0 Å². The largest absolute Gasteiger partial charge is 0.369 e. The summed E-state index contributed by atoms with van der Waals surface area (Å²) in [7, 11) is -0.761. The lowest BCUT2D eigenvalue weighted by Gasteiger charge is -2.08. The lowest BCUT2D eigenvalue weighted by molar-refractivity contribution is 0.684. The summed E-state index contributed by atoms with van der Waals surface area (Å²) in [6, 6.07) is 0. The topological polar surface area (TPSA) is 92.9 Å². The summed E-state index contributed by atoms with van der Waals surface area (Å²) in [5.41, 5.74) is 3.31. The third-order valence-electron chi connectivity index (χ3n) is 2.04. The van der Waals surface area contributed by atoms with Crippen LogP contribution >= 0.6 is 0 Å². The minimum absolute atomic E-state index is 0.365. The number of hydrazine groups is 1. The number of nitrogen functional groups attached to an aromatic ring is 1. The molecule has 1 aromatic heterocycles. The molecular weight excluding hydrogens is 226 g/mol. The molecule has 0 aliphatic carbocycles. The summed E-state index contributed by atoms with van der Waals surface area (Å²) < 4.78 is 11.2. The molecule has 0 aliphatic heterocycles. The Kier molecular flexibility index (Phi) is 5.13. The fraction of sp³-hybridized carbons (Fsp3) is 0.556. The highest BCUT2D eigenvalue weighted by atomic mass is 32.2. The number of anilines is 2. The molecule has 4 N–H and O–H groups in total. The fourth-order valence-electron chi connectivity index (χ4n) is 1.12. The molecule has 0 aliphatic rings. The fourth-order valence-corrected chi connectivity index (χ4v) is 1.74. The second kappa shape index (κ2) is 6.39. The van der Waals surface area contributed by atoms with E-state index in [2.05, 4.69) is 20.7 Å². The van der Waals surface area contributed by atoms with Gasteiger partial charge in [-0.15, -0.1) is 0 Å². The van der Waals surface area contributed by atoms with Crippen LogP contribution in [0.3, 0.4) is 0 Å². The van der Waals surface area contributed by atoms with Crippen LogP contribution in [0, 0.1) is 6.92 Å². The number of hydrogen-bond acceptors (Lipinski definition) is 6. The van der Waals surface area contributed by atoms with Crippen molar-refractivity contribution < 1.29 is 4.21 Å². The quantitative estimate of drug-likeness (QED) is 0.490. The SMILES string of the molecule is CCS(=O)CCNc1nc(NN)ncc1C. The zero-order chi connectivity index (χ0) is 12.0. The first-order chi connectivity index (χ1) is 7.67. The number of nitrogens with zero attached hydrogens (tertiary/aromatic N) is 2. The molecule has 0 bridgehead atoms. The predicted molar refractivity (Wildman–Crippen MR) is 66.6 cm³/mol. The van der Waals surface area contributed by atoms with Gasteiger partial charge in [0.1, 0.15) is 5.82 Å². The summed E-state index contributed by atoms with van der Waals surface area (Å²) in [5.74, 6) is 7.60. The van der Waals surface area contributed by atoms with Crippen LogP contribution in [0.25, 0.3) is 0 Å². The van der Waals surface area contributed by atoms with Crippen LogP contribution in [0.2, 0.25) is 0 Å². The highest BCUT2D eigenvalue weighted by molar-refractivity contribution is 7.84. The first kappa shape index (κ1) is 12.9. The van der Waals surface area contributed by atoms with Crippen molar-refractivity contribution in [2.24, 2.45) is 5.84 Å². The maximum absolute atomic E-state index is 11.2. The molecule has 7 heteroatoms. The van der Waals surface area contributed by atoms with Crippen molar-refractivity contribution in [2.45, 2.75) is 13.8 Å². The maximum Gasteiger partial charge on any atom is 0.239 e. The van der Waals surface area contributed by atoms with E-state index in [9.17, 15) is 4.21 Å². The highest BCUT2D eigenvalue weighted by Gasteiger charge is 2.03. The molecular formula is C9H17N5OS. The van der Waals surface area contributed by atoms with Crippen LogP contribution in [0.5, 0.6) is 0 Å². The zero-order valence-electron chi connectivity index (χ0n) is 9.49. The van der Waals surface area contributed by atoms with Gasteiger partial charge in [-0.05, 0) is 6.92 Å². The standard InChI is InChI=1S/C9H17N5OS/c1-3-16(15)5-4-11-8-7(2)6-12-9(13-8)14-10/h6H,3-5,10H2,1-2H3,(H2,11,12,13,14). The number of aromatic nitrogens is 2. The van der Waals surface area contributed by atoms with Gasteiger partial charge in [0.05, 0.1) is 0 Å². The third kappa shape index (κ3) is 3.74. The van der Waals surface area contributed by atoms with Crippen molar-refractivity contribution in [3.05, 3.63) is 11.8 Å². The van der Waals surface area contributed by atoms with Gasteiger partial charge in [0.2, 0.25) is 5.95 Å². The number of nitrogens with one attached hydrogen (secondary N) is 2. The highest BCUT2D eigenvalue weighted by Crippen LogP contribution is 2.11. The Balaban J connectivity index is 2.55. The van der Waals surface area contributed by atoms with Crippen molar-refractivity contribution >= 4 is 22.6 Å². The Morgan fingerprint density at radius 1 is 1.56 bits per heavy atom. The summed E-state index contributed by atoms with van der Waals surface area (Å²) in [4.78, 5) is 8.13. The van der Waals surface area contributed by atoms with Crippen molar-refractivity contribution in [3.63, 3.8) is 0 Å². The predicted octanol–water partition coefficient (Wildman–Crippen LogP) is 0.251. The molecule has 0 spiro atoms. The molecule has 0 aromatic carbocycles. The second-order valence-corrected chi connectivity index (χ2v) is 5.09. The third-order valence-corrected chi connectivity index (χ3v) is 3.35. The summed E-state index contributed by atoms with van der Waals surface area (Å²) >= 11 is 0. The van der Waals surface area contributed by atoms with Crippen LogP contribution in [0.15, 0.2) is 6.20 Å². The van der Waals surface area contributed by atoms with Gasteiger partial charge in [-0.1, -0.05) is 6.92 Å². The normalized spacial score (nSPS) is 12.2. The van der Waals surface area contributed by atoms with E-state index in [1.807, 2.05) is 13.8 Å². The molecule has 1 aromatic rings. The van der Waals surface area contributed by atoms with Crippen LogP contribution in [-0.2, 0) is 10.8 Å². The lowest BCUT2D eigenvalue weighted by Crippen LogP contribution is -2.16. The lowest BCUT2D eigenvalue weighted by atomic mass is 10.3. The van der Waals surface area contributed by atoms with E-state index in [4.69, 9.17) is 5.84 Å². The molecule has 0 saturated heterocycles. The van der Waals surface area contributed by atoms with Crippen molar-refractivity contribution in [1.29, 1.82) is 0 Å². The minimum Gasteiger partial charge on any atom is -0.369 e. The van der Waals surface area contributed by atoms with Crippen LogP contribution in [0.4, 0.5) is 11.8 Å². The Labute approximate surface area is 97.5 Å². The Bertz CT molecular complexity index is 371. The zero-order valence-corrected chi connectivity index (χ0v) is 10.3. The average Bonchev–Trinajstić information content (AvgIpc) is 2.31. The monoisotopic (exact) mass is 243 g/mol. The molecule has 16 heavy (non-hydrogen) atoms.